The first kappa shape index (κ1) is 11.2. The van der Waals surface area contributed by atoms with E-state index in [0.29, 0.717) is 12.8 Å². The lowest BCUT2D eigenvalue weighted by Gasteiger charge is -2.03. The normalized spacial score (nSPS) is 16.4. The average Bonchev–Trinajstić information content (AvgIpc) is 2.85. The third kappa shape index (κ3) is 3.10. The van der Waals surface area contributed by atoms with Crippen molar-refractivity contribution in [3.8, 4) is 0 Å². The summed E-state index contributed by atoms with van der Waals surface area (Å²) in [5.41, 5.74) is 0. The van der Waals surface area contributed by atoms with Gasteiger partial charge in [0.1, 0.15) is 6.61 Å². The van der Waals surface area contributed by atoms with Crippen LogP contribution in [0, 0.1) is 0 Å². The van der Waals surface area contributed by atoms with Crippen LogP contribution < -0.4 is 0 Å². The van der Waals surface area contributed by atoms with Crippen molar-refractivity contribution in [2.75, 3.05) is 12.4 Å². The largest absolute Gasteiger partial charge is 0.459 e. The summed E-state index contributed by atoms with van der Waals surface area (Å²) in [7, 11) is -3.14. The van der Waals surface area contributed by atoms with Crippen LogP contribution in [0.1, 0.15) is 12.8 Å². The SMILES string of the molecule is C=C(F)C(=O)OCCS(=O)(=O)C1CC1. The van der Waals surface area contributed by atoms with Crippen LogP contribution >= 0.6 is 0 Å². The first-order valence-electron chi connectivity index (χ1n) is 4.16. The van der Waals surface area contributed by atoms with E-state index in [0.717, 1.165) is 0 Å². The first-order chi connectivity index (χ1) is 6.43. The molecule has 80 valence electrons. The molecule has 14 heavy (non-hydrogen) atoms. The quantitative estimate of drug-likeness (QED) is 0.504. The predicted octanol–water partition coefficient (Wildman–Crippen LogP) is 0.590. The Labute approximate surface area is 81.7 Å². The van der Waals surface area contributed by atoms with Gasteiger partial charge in [-0.25, -0.2) is 13.2 Å². The van der Waals surface area contributed by atoms with Crippen molar-refractivity contribution in [3.63, 3.8) is 0 Å². The van der Waals surface area contributed by atoms with Crippen molar-refractivity contribution in [2.24, 2.45) is 0 Å². The zero-order chi connectivity index (χ0) is 10.8. The fourth-order valence-electron chi connectivity index (χ4n) is 0.923. The van der Waals surface area contributed by atoms with Gasteiger partial charge < -0.3 is 4.74 Å². The van der Waals surface area contributed by atoms with Crippen LogP contribution in [0.25, 0.3) is 0 Å². The molecule has 6 heteroatoms. The third-order valence-corrected chi connectivity index (χ3v) is 4.08. The topological polar surface area (TPSA) is 60.4 Å². The number of sulfone groups is 1. The highest BCUT2D eigenvalue weighted by atomic mass is 32.2. The smallest absolute Gasteiger partial charge is 0.366 e. The molecule has 0 bridgehead atoms. The number of hydrogen-bond acceptors (Lipinski definition) is 4. The average molecular weight is 222 g/mol. The number of esters is 1. The molecule has 1 aliphatic rings. The second-order valence-corrected chi connectivity index (χ2v) is 5.51. The van der Waals surface area contributed by atoms with E-state index in [4.69, 9.17) is 0 Å². The monoisotopic (exact) mass is 222 g/mol. The molecule has 0 saturated heterocycles. The maximum atomic E-state index is 12.1. The Balaban J connectivity index is 2.27. The summed E-state index contributed by atoms with van der Waals surface area (Å²) in [6, 6.07) is 0. The van der Waals surface area contributed by atoms with E-state index in [-0.39, 0.29) is 17.6 Å². The molecule has 0 atom stereocenters. The van der Waals surface area contributed by atoms with Crippen LogP contribution in [0.5, 0.6) is 0 Å². The van der Waals surface area contributed by atoms with Crippen LogP contribution in [0.4, 0.5) is 4.39 Å². The molecule has 1 aliphatic carbocycles. The van der Waals surface area contributed by atoms with Crippen molar-refractivity contribution in [2.45, 2.75) is 18.1 Å². The summed E-state index contributed by atoms with van der Waals surface area (Å²) < 4.78 is 38.9. The maximum Gasteiger partial charge on any atom is 0.366 e. The number of ether oxygens (including phenoxy) is 1. The molecule has 1 rings (SSSR count). The van der Waals surface area contributed by atoms with E-state index < -0.39 is 21.6 Å². The third-order valence-electron chi connectivity index (χ3n) is 1.85. The van der Waals surface area contributed by atoms with Crippen molar-refractivity contribution < 1.29 is 22.3 Å². The van der Waals surface area contributed by atoms with E-state index in [1.165, 1.54) is 0 Å². The molecule has 0 spiro atoms. The second-order valence-electron chi connectivity index (χ2n) is 3.11. The van der Waals surface area contributed by atoms with Gasteiger partial charge in [0, 0.05) is 0 Å². The van der Waals surface area contributed by atoms with Crippen molar-refractivity contribution in [3.05, 3.63) is 12.4 Å². The van der Waals surface area contributed by atoms with Crippen molar-refractivity contribution in [1.82, 2.24) is 0 Å². The standard InChI is InChI=1S/C8H11FO4S/c1-6(9)8(10)13-4-5-14(11,12)7-2-3-7/h7H,1-5H2. The second kappa shape index (κ2) is 4.08. The number of halogens is 1. The van der Waals surface area contributed by atoms with Gasteiger partial charge in [-0.1, -0.05) is 6.58 Å². The number of carbonyl (C=O) groups excluding carboxylic acids is 1. The highest BCUT2D eigenvalue weighted by Crippen LogP contribution is 2.28. The summed E-state index contributed by atoms with van der Waals surface area (Å²) in [5.74, 6) is -2.65. The summed E-state index contributed by atoms with van der Waals surface area (Å²) in [6.07, 6.45) is 1.35. The van der Waals surface area contributed by atoms with Gasteiger partial charge in [0.25, 0.3) is 0 Å². The van der Waals surface area contributed by atoms with Gasteiger partial charge in [0.15, 0.2) is 9.84 Å². The van der Waals surface area contributed by atoms with Gasteiger partial charge in [0.05, 0.1) is 11.0 Å². The molecule has 0 aromatic rings. The van der Waals surface area contributed by atoms with E-state index in [9.17, 15) is 17.6 Å². The Bertz CT molecular complexity index is 342. The molecule has 0 aromatic heterocycles. The minimum atomic E-state index is -3.14. The maximum absolute atomic E-state index is 12.1. The van der Waals surface area contributed by atoms with Gasteiger partial charge in [-0.3, -0.25) is 0 Å². The fraction of sp³-hybridized carbons (Fsp3) is 0.625. The molecule has 0 aliphatic heterocycles. The predicted molar refractivity (Wildman–Crippen MR) is 48.0 cm³/mol. The number of hydrogen-bond donors (Lipinski definition) is 0. The number of carbonyl (C=O) groups is 1. The van der Waals surface area contributed by atoms with E-state index in [2.05, 4.69) is 11.3 Å². The lowest BCUT2D eigenvalue weighted by atomic mass is 10.6. The summed E-state index contributed by atoms with van der Waals surface area (Å²) in [5, 5.41) is -0.283. The molecule has 0 N–H and O–H groups in total. The van der Waals surface area contributed by atoms with E-state index in [1.807, 2.05) is 0 Å². The molecule has 4 nitrogen and oxygen atoms in total. The summed E-state index contributed by atoms with van der Waals surface area (Å²) >= 11 is 0. The lowest BCUT2D eigenvalue weighted by Crippen LogP contribution is -2.18. The van der Waals surface area contributed by atoms with Crippen molar-refractivity contribution in [1.29, 1.82) is 0 Å². The molecule has 0 amide bonds. The van der Waals surface area contributed by atoms with Gasteiger partial charge in [-0.2, -0.15) is 4.39 Å². The molecule has 1 saturated carbocycles. The fourth-order valence-corrected chi connectivity index (χ4v) is 2.43. The number of rotatable bonds is 5. The Morgan fingerprint density at radius 1 is 1.50 bits per heavy atom. The van der Waals surface area contributed by atoms with Crippen LogP contribution in [-0.2, 0) is 19.4 Å². The van der Waals surface area contributed by atoms with Crippen LogP contribution in [0.2, 0.25) is 0 Å². The first-order valence-corrected chi connectivity index (χ1v) is 5.88. The minimum Gasteiger partial charge on any atom is -0.459 e. The Hall–Kier alpha value is -0.910. The Kier molecular flexibility index (Phi) is 3.25. The zero-order valence-electron chi connectivity index (χ0n) is 7.53. The van der Waals surface area contributed by atoms with Crippen molar-refractivity contribution >= 4 is 15.8 Å². The molecular weight excluding hydrogens is 211 g/mol. The van der Waals surface area contributed by atoms with E-state index >= 15 is 0 Å². The van der Waals surface area contributed by atoms with Gasteiger partial charge >= 0.3 is 5.97 Å². The van der Waals surface area contributed by atoms with E-state index in [1.54, 1.807) is 0 Å². The highest BCUT2D eigenvalue weighted by Gasteiger charge is 2.35. The van der Waals surface area contributed by atoms with Crippen LogP contribution in [-0.4, -0.2) is 32.0 Å². The molecule has 0 radical (unpaired) electrons. The Morgan fingerprint density at radius 3 is 2.50 bits per heavy atom. The molecule has 0 unspecified atom stereocenters. The minimum absolute atomic E-state index is 0.239. The molecule has 0 heterocycles. The highest BCUT2D eigenvalue weighted by molar-refractivity contribution is 7.92. The summed E-state index contributed by atoms with van der Waals surface area (Å²) in [6.45, 7) is 2.42. The summed E-state index contributed by atoms with van der Waals surface area (Å²) in [4.78, 5) is 10.5. The van der Waals surface area contributed by atoms with Gasteiger partial charge in [-0.15, -0.1) is 0 Å². The molecular formula is C8H11FO4S. The van der Waals surface area contributed by atoms with Gasteiger partial charge in [0.2, 0.25) is 5.83 Å². The molecule has 0 aromatic carbocycles. The van der Waals surface area contributed by atoms with Crippen LogP contribution in [0.15, 0.2) is 12.4 Å². The molecule has 1 fully saturated rings. The zero-order valence-corrected chi connectivity index (χ0v) is 8.35. The van der Waals surface area contributed by atoms with Crippen LogP contribution in [0.3, 0.4) is 0 Å². The lowest BCUT2D eigenvalue weighted by molar-refractivity contribution is -0.140. The Morgan fingerprint density at radius 2 is 2.07 bits per heavy atom. The van der Waals surface area contributed by atoms with Gasteiger partial charge in [-0.05, 0) is 12.8 Å².